The number of ether oxygens (including phenoxy) is 1. The first-order chi connectivity index (χ1) is 12.8. The van der Waals surface area contributed by atoms with E-state index in [2.05, 4.69) is 5.32 Å². The zero-order valence-electron chi connectivity index (χ0n) is 16.2. The molecule has 0 bridgehead atoms. The van der Waals surface area contributed by atoms with E-state index in [0.717, 1.165) is 17.5 Å². The summed E-state index contributed by atoms with van der Waals surface area (Å²) >= 11 is 0. The number of hydrogen-bond acceptors (Lipinski definition) is 4. The minimum atomic E-state index is -3.24. The highest BCUT2D eigenvalue weighted by Gasteiger charge is 2.20. The van der Waals surface area contributed by atoms with Gasteiger partial charge in [-0.25, -0.2) is 8.42 Å². The maximum Gasteiger partial charge on any atom is 0.261 e. The van der Waals surface area contributed by atoms with E-state index in [-0.39, 0.29) is 16.8 Å². The lowest BCUT2D eigenvalue weighted by Crippen LogP contribution is -2.38. The SMILES string of the molecule is CCc1ccccc1OC(C)C(=O)NC(CC)c1ccc(S(C)(=O)=O)cc1. The van der Waals surface area contributed by atoms with Crippen molar-refractivity contribution in [3.8, 4) is 5.75 Å². The van der Waals surface area contributed by atoms with Crippen molar-refractivity contribution in [2.45, 2.75) is 50.7 Å². The van der Waals surface area contributed by atoms with Gasteiger partial charge in [-0.15, -0.1) is 0 Å². The Hall–Kier alpha value is -2.34. The van der Waals surface area contributed by atoms with Crippen molar-refractivity contribution < 1.29 is 17.9 Å². The van der Waals surface area contributed by atoms with Gasteiger partial charge in [-0.1, -0.05) is 44.2 Å². The summed E-state index contributed by atoms with van der Waals surface area (Å²) in [6, 6.07) is 14.1. The van der Waals surface area contributed by atoms with Gasteiger partial charge in [0, 0.05) is 6.26 Å². The summed E-state index contributed by atoms with van der Waals surface area (Å²) in [4.78, 5) is 12.8. The van der Waals surface area contributed by atoms with Gasteiger partial charge in [0.2, 0.25) is 0 Å². The third-order valence-corrected chi connectivity index (χ3v) is 5.59. The fraction of sp³-hybridized carbons (Fsp3) is 0.381. The Labute approximate surface area is 161 Å². The Bertz CT molecular complexity index is 875. The molecule has 5 nitrogen and oxygen atoms in total. The topological polar surface area (TPSA) is 72.5 Å². The Balaban J connectivity index is 2.07. The maximum absolute atomic E-state index is 12.6. The summed E-state index contributed by atoms with van der Waals surface area (Å²) in [7, 11) is -3.24. The van der Waals surface area contributed by atoms with Gasteiger partial charge in [0.15, 0.2) is 15.9 Å². The molecule has 0 aliphatic rings. The second kappa shape index (κ2) is 9.04. The summed E-state index contributed by atoms with van der Waals surface area (Å²) in [6.07, 6.45) is 2.05. The Kier molecular flexibility index (Phi) is 7.02. The van der Waals surface area contributed by atoms with Crippen LogP contribution < -0.4 is 10.1 Å². The number of benzene rings is 2. The monoisotopic (exact) mass is 389 g/mol. The number of para-hydroxylation sites is 1. The molecule has 1 amide bonds. The second-order valence-electron chi connectivity index (χ2n) is 6.53. The molecular formula is C21H27NO4S. The van der Waals surface area contributed by atoms with Gasteiger partial charge in [0.25, 0.3) is 5.91 Å². The summed E-state index contributed by atoms with van der Waals surface area (Å²) in [5.74, 6) is 0.508. The molecule has 2 rings (SSSR count). The zero-order chi connectivity index (χ0) is 20.0. The minimum absolute atomic E-state index is 0.208. The van der Waals surface area contributed by atoms with Gasteiger partial charge in [-0.3, -0.25) is 4.79 Å². The van der Waals surface area contributed by atoms with Crippen LogP contribution in [0.3, 0.4) is 0 Å². The standard InChI is InChI=1S/C21H27NO4S/c1-5-16-9-7-8-10-20(16)26-15(3)21(23)22-19(6-2)17-11-13-18(14-12-17)27(4,24)25/h7-15,19H,5-6H2,1-4H3,(H,22,23). The molecule has 0 saturated heterocycles. The molecule has 0 radical (unpaired) electrons. The van der Waals surface area contributed by atoms with Crippen LogP contribution in [0.5, 0.6) is 5.75 Å². The van der Waals surface area contributed by atoms with E-state index >= 15 is 0 Å². The first-order valence-electron chi connectivity index (χ1n) is 9.11. The average Bonchev–Trinajstić information content (AvgIpc) is 2.65. The van der Waals surface area contributed by atoms with Gasteiger partial charge in [0.1, 0.15) is 5.75 Å². The molecule has 0 aromatic heterocycles. The summed E-state index contributed by atoms with van der Waals surface area (Å²) in [5, 5.41) is 2.99. The van der Waals surface area contributed by atoms with Crippen LogP contribution in [0.1, 0.15) is 44.4 Å². The molecule has 0 heterocycles. The van der Waals surface area contributed by atoms with E-state index in [4.69, 9.17) is 4.74 Å². The van der Waals surface area contributed by atoms with Crippen molar-refractivity contribution in [2.24, 2.45) is 0 Å². The van der Waals surface area contributed by atoms with Crippen molar-refractivity contribution in [2.75, 3.05) is 6.26 Å². The second-order valence-corrected chi connectivity index (χ2v) is 8.55. The fourth-order valence-corrected chi connectivity index (χ4v) is 3.44. The van der Waals surface area contributed by atoms with Crippen molar-refractivity contribution in [1.29, 1.82) is 0 Å². The number of carbonyl (C=O) groups is 1. The highest BCUT2D eigenvalue weighted by Crippen LogP contribution is 2.22. The van der Waals surface area contributed by atoms with Crippen LogP contribution in [0, 0.1) is 0 Å². The molecule has 6 heteroatoms. The first kappa shape index (κ1) is 21.0. The van der Waals surface area contributed by atoms with Crippen LogP contribution in [-0.2, 0) is 21.1 Å². The lowest BCUT2D eigenvalue weighted by atomic mass is 10.0. The molecule has 0 saturated carbocycles. The van der Waals surface area contributed by atoms with Gasteiger partial charge >= 0.3 is 0 Å². The smallest absolute Gasteiger partial charge is 0.261 e. The van der Waals surface area contributed by atoms with E-state index in [1.54, 1.807) is 31.2 Å². The van der Waals surface area contributed by atoms with Crippen LogP contribution in [0.4, 0.5) is 0 Å². The molecule has 2 aromatic rings. The number of amides is 1. The van der Waals surface area contributed by atoms with Crippen LogP contribution in [0.25, 0.3) is 0 Å². The Morgan fingerprint density at radius 2 is 1.70 bits per heavy atom. The lowest BCUT2D eigenvalue weighted by Gasteiger charge is -2.22. The van der Waals surface area contributed by atoms with Gasteiger partial charge < -0.3 is 10.1 Å². The average molecular weight is 390 g/mol. The van der Waals surface area contributed by atoms with Crippen LogP contribution in [0.2, 0.25) is 0 Å². The van der Waals surface area contributed by atoms with E-state index in [1.807, 2.05) is 38.1 Å². The molecule has 27 heavy (non-hydrogen) atoms. The third kappa shape index (κ3) is 5.57. The van der Waals surface area contributed by atoms with Crippen molar-refractivity contribution in [3.05, 3.63) is 59.7 Å². The Morgan fingerprint density at radius 1 is 1.07 bits per heavy atom. The number of sulfone groups is 1. The Morgan fingerprint density at radius 3 is 2.26 bits per heavy atom. The van der Waals surface area contributed by atoms with Crippen LogP contribution in [0.15, 0.2) is 53.4 Å². The highest BCUT2D eigenvalue weighted by molar-refractivity contribution is 7.90. The van der Waals surface area contributed by atoms with Crippen LogP contribution >= 0.6 is 0 Å². The maximum atomic E-state index is 12.6. The third-order valence-electron chi connectivity index (χ3n) is 4.46. The molecule has 2 atom stereocenters. The zero-order valence-corrected chi connectivity index (χ0v) is 17.0. The predicted octanol–water partition coefficient (Wildman–Crippen LogP) is 3.69. The molecule has 146 valence electrons. The number of aryl methyl sites for hydroxylation is 1. The summed E-state index contributed by atoms with van der Waals surface area (Å²) in [5.41, 5.74) is 1.92. The molecular weight excluding hydrogens is 362 g/mol. The number of rotatable bonds is 8. The van der Waals surface area contributed by atoms with Crippen molar-refractivity contribution in [1.82, 2.24) is 5.32 Å². The fourth-order valence-electron chi connectivity index (χ4n) is 2.81. The first-order valence-corrected chi connectivity index (χ1v) is 11.0. The van der Waals surface area contributed by atoms with Gasteiger partial charge in [-0.2, -0.15) is 0 Å². The highest BCUT2D eigenvalue weighted by atomic mass is 32.2. The van der Waals surface area contributed by atoms with E-state index in [1.165, 1.54) is 6.26 Å². The van der Waals surface area contributed by atoms with Gasteiger partial charge in [0.05, 0.1) is 10.9 Å². The number of carbonyl (C=O) groups excluding carboxylic acids is 1. The molecule has 0 spiro atoms. The van der Waals surface area contributed by atoms with E-state index in [9.17, 15) is 13.2 Å². The molecule has 1 N–H and O–H groups in total. The predicted molar refractivity (Wildman–Crippen MR) is 107 cm³/mol. The quantitative estimate of drug-likeness (QED) is 0.747. The minimum Gasteiger partial charge on any atom is -0.481 e. The summed E-state index contributed by atoms with van der Waals surface area (Å²) < 4.78 is 29.0. The molecule has 0 fully saturated rings. The van der Waals surface area contributed by atoms with E-state index in [0.29, 0.717) is 12.2 Å². The number of hydrogen-bond donors (Lipinski definition) is 1. The lowest BCUT2D eigenvalue weighted by molar-refractivity contribution is -0.128. The van der Waals surface area contributed by atoms with Crippen molar-refractivity contribution in [3.63, 3.8) is 0 Å². The van der Waals surface area contributed by atoms with E-state index < -0.39 is 15.9 Å². The van der Waals surface area contributed by atoms with Gasteiger partial charge in [-0.05, 0) is 49.1 Å². The summed E-state index contributed by atoms with van der Waals surface area (Å²) in [6.45, 7) is 5.73. The molecule has 0 aliphatic heterocycles. The normalized spacial score (nSPS) is 13.6. The molecule has 2 unspecified atom stereocenters. The largest absolute Gasteiger partial charge is 0.481 e. The van der Waals surface area contributed by atoms with Crippen molar-refractivity contribution >= 4 is 15.7 Å². The number of nitrogens with one attached hydrogen (secondary N) is 1. The molecule has 2 aromatic carbocycles. The molecule has 0 aliphatic carbocycles. The van der Waals surface area contributed by atoms with Crippen LogP contribution in [-0.4, -0.2) is 26.7 Å².